The van der Waals surface area contributed by atoms with E-state index in [2.05, 4.69) is 11.6 Å². The molecule has 0 aromatic rings. The summed E-state index contributed by atoms with van der Waals surface area (Å²) in [5, 5.41) is 10.4. The van der Waals surface area contributed by atoms with Crippen molar-refractivity contribution in [2.45, 2.75) is 44.4 Å². The van der Waals surface area contributed by atoms with Crippen molar-refractivity contribution in [2.75, 3.05) is 13.7 Å². The van der Waals surface area contributed by atoms with E-state index in [4.69, 9.17) is 10.5 Å². The Morgan fingerprint density at radius 1 is 1.62 bits per heavy atom. The molecular weight excluding hydrogens is 270 g/mol. The maximum absolute atomic E-state index is 12.0. The van der Waals surface area contributed by atoms with Gasteiger partial charge in [0.1, 0.15) is 6.61 Å². The lowest BCUT2D eigenvalue weighted by Crippen LogP contribution is -2.62. The third kappa shape index (κ3) is 2.92. The van der Waals surface area contributed by atoms with Gasteiger partial charge in [0.2, 0.25) is 0 Å². The van der Waals surface area contributed by atoms with Crippen LogP contribution >= 0.6 is 0 Å². The van der Waals surface area contributed by atoms with E-state index >= 15 is 0 Å². The van der Waals surface area contributed by atoms with Crippen LogP contribution in [0, 0.1) is 0 Å². The molecule has 0 radical (unpaired) electrons. The first-order chi connectivity index (χ1) is 9.53. The number of hydrogen-bond donors (Lipinski definition) is 2. The molecule has 21 heavy (non-hydrogen) atoms. The first-order valence-electron chi connectivity index (χ1n) is 6.92. The molecule has 1 saturated heterocycles. The largest absolute Gasteiger partial charge is 0.384 e. The lowest BCUT2D eigenvalue weighted by molar-refractivity contribution is -0.133. The van der Waals surface area contributed by atoms with Crippen molar-refractivity contribution in [3.8, 4) is 0 Å². The fourth-order valence-electron chi connectivity index (χ4n) is 2.79. The van der Waals surface area contributed by atoms with E-state index < -0.39 is 17.2 Å². The van der Waals surface area contributed by atoms with Crippen LogP contribution in [0.5, 0.6) is 0 Å². The SMILES string of the molecule is C=C1/C=C2\CC(OCC(=O)N2C)C(C)(N)/C(C(C)(C)O)=N\1. The summed E-state index contributed by atoms with van der Waals surface area (Å²) >= 11 is 0. The van der Waals surface area contributed by atoms with E-state index in [0.29, 0.717) is 17.8 Å². The maximum atomic E-state index is 12.0. The second-order valence-corrected chi connectivity index (χ2v) is 6.39. The standard InChI is InChI=1S/C15H23N3O3/c1-9-6-10-7-11(21-8-12(19)18(10)5)15(4,16)13(17-9)14(2,3)20/h6,11,20H,1,7-8,16H2,2-5H3/b10-6+,17-13-. The number of allylic oxidation sites excluding steroid dienone is 1. The van der Waals surface area contributed by atoms with Crippen LogP contribution in [-0.4, -0.2) is 52.5 Å². The molecule has 2 aliphatic heterocycles. The zero-order valence-corrected chi connectivity index (χ0v) is 13.0. The molecule has 116 valence electrons. The Kier molecular flexibility index (Phi) is 3.82. The molecule has 1 amide bonds. The number of aliphatic hydroxyl groups is 1. The fraction of sp³-hybridized carbons (Fsp3) is 0.600. The molecule has 2 rings (SSSR count). The summed E-state index contributed by atoms with van der Waals surface area (Å²) in [4.78, 5) is 17.9. The normalized spacial score (nSPS) is 36.1. The Balaban J connectivity index is 2.58. The van der Waals surface area contributed by atoms with Crippen LogP contribution in [0.3, 0.4) is 0 Å². The van der Waals surface area contributed by atoms with Gasteiger partial charge < -0.3 is 20.5 Å². The van der Waals surface area contributed by atoms with Crippen LogP contribution < -0.4 is 5.73 Å². The second kappa shape index (κ2) is 5.05. The Morgan fingerprint density at radius 3 is 2.81 bits per heavy atom. The molecule has 1 fully saturated rings. The van der Waals surface area contributed by atoms with Crippen molar-refractivity contribution in [1.29, 1.82) is 0 Å². The van der Waals surface area contributed by atoms with Crippen molar-refractivity contribution in [3.63, 3.8) is 0 Å². The van der Waals surface area contributed by atoms with Crippen LogP contribution in [0.2, 0.25) is 0 Å². The predicted octanol–water partition coefficient (Wildman–Crippen LogP) is 0.574. The van der Waals surface area contributed by atoms with Crippen molar-refractivity contribution < 1.29 is 14.6 Å². The summed E-state index contributed by atoms with van der Waals surface area (Å²) in [6, 6.07) is 0. The van der Waals surface area contributed by atoms with Gasteiger partial charge in [-0.3, -0.25) is 9.79 Å². The Morgan fingerprint density at radius 2 is 2.24 bits per heavy atom. The number of nitrogens with zero attached hydrogens (tertiary/aromatic N) is 2. The second-order valence-electron chi connectivity index (χ2n) is 6.39. The number of rotatable bonds is 1. The Hall–Kier alpha value is -1.50. The number of nitrogens with two attached hydrogens (primary N) is 1. The van der Waals surface area contributed by atoms with Crippen LogP contribution in [0.1, 0.15) is 27.2 Å². The van der Waals surface area contributed by atoms with Crippen molar-refractivity contribution >= 4 is 11.6 Å². The molecule has 2 aliphatic rings. The van der Waals surface area contributed by atoms with Crippen LogP contribution in [-0.2, 0) is 9.53 Å². The van der Waals surface area contributed by atoms with Crippen LogP contribution in [0.4, 0.5) is 0 Å². The predicted molar refractivity (Wildman–Crippen MR) is 80.7 cm³/mol. The summed E-state index contributed by atoms with van der Waals surface area (Å²) < 4.78 is 5.69. The molecule has 2 heterocycles. The molecule has 2 unspecified atom stereocenters. The minimum Gasteiger partial charge on any atom is -0.384 e. The number of aliphatic imine (C=N–C) groups is 1. The number of hydrogen-bond acceptors (Lipinski definition) is 5. The van der Waals surface area contributed by atoms with Gasteiger partial charge in [-0.15, -0.1) is 0 Å². The number of carbonyl (C=O) groups is 1. The zero-order chi connectivity index (χ0) is 16.0. The molecule has 0 aliphatic carbocycles. The van der Waals surface area contributed by atoms with Crippen molar-refractivity contribution in [2.24, 2.45) is 10.7 Å². The Bertz CT molecular complexity index is 541. The molecule has 0 aromatic carbocycles. The number of fused-ring (bicyclic) bond motifs is 2. The average Bonchev–Trinajstić information content (AvgIpc) is 2.47. The molecule has 6 heteroatoms. The van der Waals surface area contributed by atoms with Gasteiger partial charge in [-0.1, -0.05) is 6.58 Å². The molecule has 2 bridgehead atoms. The minimum absolute atomic E-state index is 0.0447. The number of amides is 1. The summed E-state index contributed by atoms with van der Waals surface area (Å²) in [6.07, 6.45) is 1.75. The average molecular weight is 293 g/mol. The molecule has 6 nitrogen and oxygen atoms in total. The topological polar surface area (TPSA) is 88.2 Å². The molecule has 2 atom stereocenters. The quantitative estimate of drug-likeness (QED) is 0.740. The molecule has 3 N–H and O–H groups in total. The van der Waals surface area contributed by atoms with E-state index in [1.165, 1.54) is 0 Å². The van der Waals surface area contributed by atoms with Gasteiger partial charge in [-0.05, 0) is 26.8 Å². The van der Waals surface area contributed by atoms with Gasteiger partial charge in [0.05, 0.1) is 28.7 Å². The van der Waals surface area contributed by atoms with Gasteiger partial charge in [-0.2, -0.15) is 0 Å². The summed E-state index contributed by atoms with van der Waals surface area (Å²) in [5.41, 5.74) is 5.85. The molecule has 0 aromatic heterocycles. The molecule has 0 spiro atoms. The van der Waals surface area contributed by atoms with Crippen LogP contribution in [0.25, 0.3) is 0 Å². The van der Waals surface area contributed by atoms with Gasteiger partial charge in [0.25, 0.3) is 5.91 Å². The van der Waals surface area contributed by atoms with Gasteiger partial charge in [-0.25, -0.2) is 0 Å². The van der Waals surface area contributed by atoms with Gasteiger partial charge >= 0.3 is 0 Å². The highest BCUT2D eigenvalue weighted by Crippen LogP contribution is 2.31. The summed E-state index contributed by atoms with van der Waals surface area (Å²) in [6.45, 7) is 8.85. The number of likely N-dealkylation sites (N-methyl/N-ethyl adjacent to an activating group) is 1. The zero-order valence-electron chi connectivity index (χ0n) is 13.0. The third-order valence-electron chi connectivity index (χ3n) is 3.95. The van der Waals surface area contributed by atoms with Gasteiger partial charge in [0, 0.05) is 19.2 Å². The highest BCUT2D eigenvalue weighted by molar-refractivity contribution is 6.01. The summed E-state index contributed by atoms with van der Waals surface area (Å²) in [5.74, 6) is -0.140. The van der Waals surface area contributed by atoms with Crippen LogP contribution in [0.15, 0.2) is 29.0 Å². The van der Waals surface area contributed by atoms with Gasteiger partial charge in [0.15, 0.2) is 0 Å². The molecular formula is C15H23N3O3. The summed E-state index contributed by atoms with van der Waals surface area (Å²) in [7, 11) is 1.70. The van der Waals surface area contributed by atoms with Crippen molar-refractivity contribution in [3.05, 3.63) is 24.0 Å². The maximum Gasteiger partial charge on any atom is 0.252 e. The fourth-order valence-corrected chi connectivity index (χ4v) is 2.79. The highest BCUT2D eigenvalue weighted by atomic mass is 16.5. The lowest BCUT2D eigenvalue weighted by atomic mass is 9.79. The van der Waals surface area contributed by atoms with E-state index in [1.54, 1.807) is 38.8 Å². The van der Waals surface area contributed by atoms with Crippen molar-refractivity contribution in [1.82, 2.24) is 4.90 Å². The van der Waals surface area contributed by atoms with E-state index in [1.807, 2.05) is 0 Å². The van der Waals surface area contributed by atoms with E-state index in [0.717, 1.165) is 5.70 Å². The lowest BCUT2D eigenvalue weighted by Gasteiger charge is -2.40. The minimum atomic E-state index is -1.21. The first-order valence-corrected chi connectivity index (χ1v) is 6.92. The van der Waals surface area contributed by atoms with E-state index in [9.17, 15) is 9.90 Å². The molecule has 0 saturated carbocycles. The van der Waals surface area contributed by atoms with E-state index in [-0.39, 0.29) is 12.5 Å². The first kappa shape index (κ1) is 15.9. The monoisotopic (exact) mass is 293 g/mol. The highest BCUT2D eigenvalue weighted by Gasteiger charge is 2.45. The number of carbonyl (C=O) groups excluding carboxylic acids is 1. The smallest absolute Gasteiger partial charge is 0.252 e. The number of ether oxygens (including phenoxy) is 1. The Labute approximate surface area is 125 Å². The third-order valence-corrected chi connectivity index (χ3v) is 3.95.